The second-order valence-electron chi connectivity index (χ2n) is 7.15. The molecule has 3 aromatic carbocycles. The minimum absolute atomic E-state index is 0.0920. The van der Waals surface area contributed by atoms with Crippen molar-refractivity contribution in [3.05, 3.63) is 78.4 Å². The fraction of sp³-hybridized carbons (Fsp3) is 0.208. The second-order valence-corrected chi connectivity index (χ2v) is 8.84. The summed E-state index contributed by atoms with van der Waals surface area (Å²) in [5, 5.41) is 2.77. The average molecular weight is 455 g/mol. The van der Waals surface area contributed by atoms with E-state index in [9.17, 15) is 13.2 Å². The zero-order valence-electron chi connectivity index (χ0n) is 18.2. The van der Waals surface area contributed by atoms with Crippen molar-refractivity contribution in [1.82, 2.24) is 0 Å². The van der Waals surface area contributed by atoms with Crippen molar-refractivity contribution in [3.63, 3.8) is 0 Å². The Kier molecular flexibility index (Phi) is 7.37. The van der Waals surface area contributed by atoms with Crippen molar-refractivity contribution in [2.45, 2.75) is 31.3 Å². The predicted octanol–water partition coefficient (Wildman–Crippen LogP) is 4.60. The third kappa shape index (κ3) is 5.79. The Morgan fingerprint density at radius 3 is 2.25 bits per heavy atom. The van der Waals surface area contributed by atoms with E-state index >= 15 is 0 Å². The van der Waals surface area contributed by atoms with Crippen LogP contribution in [-0.2, 0) is 14.8 Å². The van der Waals surface area contributed by atoms with Crippen LogP contribution in [0.1, 0.15) is 18.9 Å². The maximum atomic E-state index is 12.7. The zero-order chi connectivity index (χ0) is 23.1. The number of sulfonamides is 1. The first-order valence-corrected chi connectivity index (χ1v) is 11.6. The number of nitrogens with one attached hydrogen (secondary N) is 2. The van der Waals surface area contributed by atoms with Gasteiger partial charge in [0.1, 0.15) is 0 Å². The third-order valence-corrected chi connectivity index (χ3v) is 6.10. The molecule has 0 saturated heterocycles. The Morgan fingerprint density at radius 2 is 1.62 bits per heavy atom. The number of aryl methyl sites for hydroxylation is 1. The van der Waals surface area contributed by atoms with Gasteiger partial charge in [0.15, 0.2) is 17.6 Å². The number of hydrogen-bond donors (Lipinski definition) is 2. The smallest absolute Gasteiger partial charge is 0.265 e. The molecule has 32 heavy (non-hydrogen) atoms. The first kappa shape index (κ1) is 23.1. The van der Waals surface area contributed by atoms with Crippen LogP contribution in [0.3, 0.4) is 0 Å². The van der Waals surface area contributed by atoms with Gasteiger partial charge in [0.2, 0.25) is 0 Å². The van der Waals surface area contributed by atoms with Crippen LogP contribution in [0, 0.1) is 6.92 Å². The van der Waals surface area contributed by atoms with Crippen LogP contribution >= 0.6 is 0 Å². The van der Waals surface area contributed by atoms with Gasteiger partial charge in [0.25, 0.3) is 15.9 Å². The number of ether oxygens (including phenoxy) is 2. The lowest BCUT2D eigenvalue weighted by molar-refractivity contribution is -0.122. The van der Waals surface area contributed by atoms with Gasteiger partial charge in [0.05, 0.1) is 12.0 Å². The Morgan fingerprint density at radius 1 is 0.938 bits per heavy atom. The number of carbonyl (C=O) groups excluding carboxylic acids is 1. The van der Waals surface area contributed by atoms with E-state index in [4.69, 9.17) is 9.47 Å². The molecule has 0 aromatic heterocycles. The van der Waals surface area contributed by atoms with Crippen molar-refractivity contribution in [1.29, 1.82) is 0 Å². The van der Waals surface area contributed by atoms with Crippen LogP contribution in [0.25, 0.3) is 0 Å². The maximum Gasteiger partial charge on any atom is 0.265 e. The largest absolute Gasteiger partial charge is 0.493 e. The van der Waals surface area contributed by atoms with E-state index in [2.05, 4.69) is 10.0 Å². The molecule has 0 aliphatic heterocycles. The van der Waals surface area contributed by atoms with Crippen molar-refractivity contribution in [2.75, 3.05) is 17.1 Å². The number of hydrogen-bond acceptors (Lipinski definition) is 5. The molecule has 2 N–H and O–H groups in total. The number of anilines is 2. The lowest BCUT2D eigenvalue weighted by Crippen LogP contribution is -2.32. The van der Waals surface area contributed by atoms with Crippen LogP contribution in [0.2, 0.25) is 0 Å². The number of amides is 1. The minimum atomic E-state index is -3.75. The molecular weight excluding hydrogens is 428 g/mol. The molecule has 0 spiro atoms. The topological polar surface area (TPSA) is 93.7 Å². The van der Waals surface area contributed by atoms with Gasteiger partial charge in [-0.25, -0.2) is 8.42 Å². The summed E-state index contributed by atoms with van der Waals surface area (Å²) < 4.78 is 38.9. The highest BCUT2D eigenvalue weighted by molar-refractivity contribution is 7.92. The number of benzene rings is 3. The molecule has 0 saturated carbocycles. The summed E-state index contributed by atoms with van der Waals surface area (Å²) in [7, 11) is -2.21. The molecule has 1 amide bonds. The molecule has 0 unspecified atom stereocenters. The van der Waals surface area contributed by atoms with E-state index in [1.54, 1.807) is 48.5 Å². The number of methoxy groups -OCH3 is 1. The Labute approximate surface area is 188 Å². The van der Waals surface area contributed by atoms with Crippen molar-refractivity contribution in [3.8, 4) is 11.5 Å². The van der Waals surface area contributed by atoms with E-state index in [0.717, 1.165) is 5.56 Å². The maximum absolute atomic E-state index is 12.7. The predicted molar refractivity (Wildman–Crippen MR) is 125 cm³/mol. The van der Waals surface area contributed by atoms with Gasteiger partial charge in [-0.2, -0.15) is 0 Å². The zero-order valence-corrected chi connectivity index (χ0v) is 19.0. The minimum Gasteiger partial charge on any atom is -0.493 e. The van der Waals surface area contributed by atoms with Gasteiger partial charge < -0.3 is 14.8 Å². The highest BCUT2D eigenvalue weighted by atomic mass is 32.2. The summed E-state index contributed by atoms with van der Waals surface area (Å²) in [6.07, 6.45) is -0.297. The quantitative estimate of drug-likeness (QED) is 0.493. The summed E-state index contributed by atoms with van der Waals surface area (Å²) in [4.78, 5) is 12.8. The summed E-state index contributed by atoms with van der Waals surface area (Å²) >= 11 is 0. The van der Waals surface area contributed by atoms with Crippen LogP contribution < -0.4 is 19.5 Å². The van der Waals surface area contributed by atoms with Crippen LogP contribution in [0.4, 0.5) is 11.4 Å². The van der Waals surface area contributed by atoms with E-state index in [1.165, 1.54) is 19.2 Å². The Hall–Kier alpha value is -3.52. The average Bonchev–Trinajstić information content (AvgIpc) is 2.77. The molecule has 0 bridgehead atoms. The summed E-state index contributed by atoms with van der Waals surface area (Å²) in [5.74, 6) is 0.669. The van der Waals surface area contributed by atoms with Crippen LogP contribution in [-0.4, -0.2) is 27.5 Å². The lowest BCUT2D eigenvalue weighted by Gasteiger charge is -2.19. The highest BCUT2D eigenvalue weighted by Crippen LogP contribution is 2.27. The molecule has 0 heterocycles. The Bertz CT molecular complexity index is 1180. The lowest BCUT2D eigenvalue weighted by atomic mass is 10.2. The number of rotatable bonds is 9. The molecular formula is C24H26N2O5S. The number of carbonyl (C=O) groups is 1. The molecule has 7 nitrogen and oxygen atoms in total. The van der Waals surface area contributed by atoms with Crippen molar-refractivity contribution >= 4 is 27.3 Å². The molecule has 168 valence electrons. The van der Waals surface area contributed by atoms with Crippen LogP contribution in [0.5, 0.6) is 11.5 Å². The standard InChI is InChI=1S/C24H26N2O5S/c1-4-21(31-23-11-6-5-10-22(23)30-3)24(27)25-18-12-14-20(15-13-18)32(28,29)26-19-9-7-8-17(2)16-19/h5-16,21,26H,4H2,1-3H3,(H,25,27)/t21-/m1/s1. The van der Waals surface area contributed by atoms with E-state index < -0.39 is 16.1 Å². The summed E-state index contributed by atoms with van der Waals surface area (Å²) in [6.45, 7) is 3.72. The van der Waals surface area contributed by atoms with Crippen molar-refractivity contribution < 1.29 is 22.7 Å². The monoisotopic (exact) mass is 454 g/mol. The molecule has 0 aliphatic carbocycles. The first-order valence-electron chi connectivity index (χ1n) is 10.1. The normalized spacial score (nSPS) is 12.0. The Balaban J connectivity index is 1.68. The molecule has 0 aliphatic rings. The first-order chi connectivity index (χ1) is 15.3. The summed E-state index contributed by atoms with van der Waals surface area (Å²) in [6, 6.07) is 20.2. The van der Waals surface area contributed by atoms with Gasteiger partial charge in [-0.3, -0.25) is 9.52 Å². The fourth-order valence-corrected chi connectivity index (χ4v) is 4.10. The third-order valence-electron chi connectivity index (χ3n) is 4.70. The van der Waals surface area contributed by atoms with E-state index in [0.29, 0.717) is 29.3 Å². The number of para-hydroxylation sites is 2. The molecule has 8 heteroatoms. The van der Waals surface area contributed by atoms with Gasteiger partial charge in [-0.1, -0.05) is 31.2 Å². The van der Waals surface area contributed by atoms with Gasteiger partial charge >= 0.3 is 0 Å². The van der Waals surface area contributed by atoms with E-state index in [-0.39, 0.29) is 10.8 Å². The van der Waals surface area contributed by atoms with Gasteiger partial charge in [0, 0.05) is 11.4 Å². The van der Waals surface area contributed by atoms with Gasteiger partial charge in [-0.05, 0) is 67.4 Å². The van der Waals surface area contributed by atoms with Gasteiger partial charge in [-0.15, -0.1) is 0 Å². The second kappa shape index (κ2) is 10.2. The van der Waals surface area contributed by atoms with Crippen LogP contribution in [0.15, 0.2) is 77.7 Å². The molecule has 1 atom stereocenters. The van der Waals surface area contributed by atoms with E-state index in [1.807, 2.05) is 26.0 Å². The molecule has 0 radical (unpaired) electrons. The fourth-order valence-electron chi connectivity index (χ4n) is 3.05. The highest BCUT2D eigenvalue weighted by Gasteiger charge is 2.21. The molecule has 3 aromatic rings. The SMILES string of the molecule is CC[C@@H](Oc1ccccc1OC)C(=O)Nc1ccc(S(=O)(=O)Nc2cccc(C)c2)cc1. The van der Waals surface area contributed by atoms with Crippen molar-refractivity contribution in [2.24, 2.45) is 0 Å². The molecule has 3 rings (SSSR count). The molecule has 0 fully saturated rings. The summed E-state index contributed by atoms with van der Waals surface area (Å²) in [5.41, 5.74) is 1.90.